The number of carbonyl (C=O) groups excluding carboxylic acids is 1. The summed E-state index contributed by atoms with van der Waals surface area (Å²) in [4.78, 5) is 12.1. The van der Waals surface area contributed by atoms with Gasteiger partial charge in [0.25, 0.3) is 0 Å². The molecule has 25 heavy (non-hydrogen) atoms. The lowest BCUT2D eigenvalue weighted by Gasteiger charge is -2.11. The standard InChI is InChI=1S/C17H15Cl2NO4S/c18-14-9-15(19)16(25(22,23)20-12-6-7-12)8-13(14)17(21)24-10-11-4-2-1-3-5-11/h1-5,8-9,12,20H,6-7,10H2. The van der Waals surface area contributed by atoms with Crippen LogP contribution >= 0.6 is 23.2 Å². The van der Waals surface area contributed by atoms with E-state index in [0.717, 1.165) is 24.5 Å². The molecule has 0 atom stereocenters. The number of rotatable bonds is 6. The van der Waals surface area contributed by atoms with Gasteiger partial charge in [-0.2, -0.15) is 0 Å². The zero-order valence-corrected chi connectivity index (χ0v) is 15.4. The van der Waals surface area contributed by atoms with Gasteiger partial charge in [0.05, 0.1) is 15.6 Å². The Kier molecular flexibility index (Phi) is 5.34. The Labute approximate surface area is 155 Å². The lowest BCUT2D eigenvalue weighted by molar-refractivity contribution is 0.0472. The van der Waals surface area contributed by atoms with Gasteiger partial charge in [0.15, 0.2) is 0 Å². The van der Waals surface area contributed by atoms with Gasteiger partial charge in [-0.05, 0) is 30.5 Å². The van der Waals surface area contributed by atoms with Crippen LogP contribution in [0.25, 0.3) is 0 Å². The van der Waals surface area contributed by atoms with Crippen LogP contribution in [0.5, 0.6) is 0 Å². The van der Waals surface area contributed by atoms with Gasteiger partial charge in [-0.1, -0.05) is 53.5 Å². The maximum Gasteiger partial charge on any atom is 0.340 e. The van der Waals surface area contributed by atoms with E-state index in [1.54, 1.807) is 0 Å². The first-order chi connectivity index (χ1) is 11.9. The largest absolute Gasteiger partial charge is 0.457 e. The van der Waals surface area contributed by atoms with Gasteiger partial charge in [-0.25, -0.2) is 17.9 Å². The smallest absolute Gasteiger partial charge is 0.340 e. The lowest BCUT2D eigenvalue weighted by Crippen LogP contribution is -2.26. The normalized spacial score (nSPS) is 14.3. The van der Waals surface area contributed by atoms with Crippen molar-refractivity contribution in [2.24, 2.45) is 0 Å². The van der Waals surface area contributed by atoms with E-state index in [9.17, 15) is 13.2 Å². The molecule has 3 rings (SSSR count). The fourth-order valence-corrected chi connectivity index (χ4v) is 4.33. The average Bonchev–Trinajstić information content (AvgIpc) is 3.36. The van der Waals surface area contributed by atoms with Crippen molar-refractivity contribution in [3.63, 3.8) is 0 Å². The van der Waals surface area contributed by atoms with Gasteiger partial charge in [0.2, 0.25) is 10.0 Å². The van der Waals surface area contributed by atoms with Crippen molar-refractivity contribution in [1.29, 1.82) is 0 Å². The second-order valence-electron chi connectivity index (χ2n) is 5.72. The molecule has 2 aromatic carbocycles. The Morgan fingerprint density at radius 1 is 1.12 bits per heavy atom. The van der Waals surface area contributed by atoms with E-state index >= 15 is 0 Å². The van der Waals surface area contributed by atoms with Gasteiger partial charge in [-0.15, -0.1) is 0 Å². The molecule has 0 spiro atoms. The number of nitrogens with one attached hydrogen (secondary N) is 1. The first kappa shape index (κ1) is 18.2. The maximum absolute atomic E-state index is 12.4. The number of esters is 1. The summed E-state index contributed by atoms with van der Waals surface area (Å²) in [6.45, 7) is 0.0566. The summed E-state index contributed by atoms with van der Waals surface area (Å²) in [5.41, 5.74) is 0.766. The minimum absolute atomic E-state index is 0.0356. The first-order valence-corrected chi connectivity index (χ1v) is 9.83. The summed E-state index contributed by atoms with van der Waals surface area (Å²) in [5, 5.41) is -0.00815. The third kappa shape index (κ3) is 4.52. The highest BCUT2D eigenvalue weighted by Crippen LogP contribution is 2.31. The Morgan fingerprint density at radius 3 is 2.44 bits per heavy atom. The summed E-state index contributed by atoms with van der Waals surface area (Å²) in [6, 6.07) is 11.4. The van der Waals surface area contributed by atoms with E-state index in [2.05, 4.69) is 4.72 Å². The molecule has 1 saturated carbocycles. The molecule has 0 amide bonds. The predicted molar refractivity (Wildman–Crippen MR) is 95.4 cm³/mol. The Morgan fingerprint density at radius 2 is 1.80 bits per heavy atom. The van der Waals surface area contributed by atoms with Crippen LogP contribution in [0.2, 0.25) is 10.0 Å². The number of benzene rings is 2. The zero-order valence-electron chi connectivity index (χ0n) is 13.0. The topological polar surface area (TPSA) is 72.5 Å². The molecule has 1 fully saturated rings. The molecule has 0 heterocycles. The number of halogens is 2. The lowest BCUT2D eigenvalue weighted by atomic mass is 10.2. The van der Waals surface area contributed by atoms with E-state index in [1.165, 1.54) is 6.07 Å². The van der Waals surface area contributed by atoms with Crippen LogP contribution in [-0.4, -0.2) is 20.4 Å². The molecule has 1 aliphatic carbocycles. The van der Waals surface area contributed by atoms with Crippen molar-refractivity contribution in [3.05, 3.63) is 63.6 Å². The monoisotopic (exact) mass is 399 g/mol. The highest BCUT2D eigenvalue weighted by atomic mass is 35.5. The molecule has 0 bridgehead atoms. The van der Waals surface area contributed by atoms with Gasteiger partial charge >= 0.3 is 5.97 Å². The Balaban J connectivity index is 1.83. The molecule has 0 saturated heterocycles. The molecule has 2 aromatic rings. The maximum atomic E-state index is 12.4. The van der Waals surface area contributed by atoms with Crippen molar-refractivity contribution in [2.75, 3.05) is 0 Å². The van der Waals surface area contributed by atoms with Gasteiger partial charge < -0.3 is 4.74 Å². The third-order valence-corrected chi connectivity index (χ3v) is 5.94. The van der Waals surface area contributed by atoms with Gasteiger partial charge in [0, 0.05) is 6.04 Å². The third-order valence-electron chi connectivity index (χ3n) is 3.64. The van der Waals surface area contributed by atoms with E-state index in [-0.39, 0.29) is 33.2 Å². The van der Waals surface area contributed by atoms with Crippen LogP contribution in [0.1, 0.15) is 28.8 Å². The zero-order chi connectivity index (χ0) is 18.0. The quantitative estimate of drug-likeness (QED) is 0.749. The minimum atomic E-state index is -3.82. The molecule has 0 aromatic heterocycles. The minimum Gasteiger partial charge on any atom is -0.457 e. The van der Waals surface area contributed by atoms with Crippen LogP contribution in [0, 0.1) is 0 Å². The highest BCUT2D eigenvalue weighted by Gasteiger charge is 2.30. The number of hydrogen-bond donors (Lipinski definition) is 1. The van der Waals surface area contributed by atoms with E-state index in [1.807, 2.05) is 30.3 Å². The molecule has 1 N–H and O–H groups in total. The molecule has 1 aliphatic rings. The van der Waals surface area contributed by atoms with Crippen LogP contribution in [0.4, 0.5) is 0 Å². The number of carbonyl (C=O) groups is 1. The summed E-state index contributed by atoms with van der Waals surface area (Å²) < 4.78 is 32.5. The molecule has 0 aliphatic heterocycles. The van der Waals surface area contributed by atoms with Crippen LogP contribution < -0.4 is 4.72 Å². The summed E-state index contributed by atoms with van der Waals surface area (Å²) >= 11 is 12.1. The molecular weight excluding hydrogens is 385 g/mol. The summed E-state index contributed by atoms with van der Waals surface area (Å²) in [5.74, 6) is -0.714. The SMILES string of the molecule is O=C(OCc1ccccc1)c1cc(S(=O)(=O)NC2CC2)c(Cl)cc1Cl. The number of ether oxygens (including phenoxy) is 1. The molecule has 5 nitrogen and oxygen atoms in total. The second kappa shape index (κ2) is 7.33. The predicted octanol–water partition coefficient (Wildman–Crippen LogP) is 3.79. The Bertz CT molecular complexity index is 896. The Hall–Kier alpha value is -1.60. The van der Waals surface area contributed by atoms with Gasteiger partial charge in [-0.3, -0.25) is 0 Å². The van der Waals surface area contributed by atoms with Crippen molar-refractivity contribution in [2.45, 2.75) is 30.4 Å². The van der Waals surface area contributed by atoms with E-state index in [4.69, 9.17) is 27.9 Å². The average molecular weight is 400 g/mol. The van der Waals surface area contributed by atoms with Crippen molar-refractivity contribution < 1.29 is 17.9 Å². The molecular formula is C17H15Cl2NO4S. The molecule has 0 radical (unpaired) electrons. The molecule has 0 unspecified atom stereocenters. The number of sulfonamides is 1. The fourth-order valence-electron chi connectivity index (χ4n) is 2.18. The summed E-state index contributed by atoms with van der Waals surface area (Å²) in [7, 11) is -3.82. The molecule has 132 valence electrons. The number of hydrogen-bond acceptors (Lipinski definition) is 4. The van der Waals surface area contributed by atoms with Gasteiger partial charge in [0.1, 0.15) is 11.5 Å². The van der Waals surface area contributed by atoms with Crippen LogP contribution in [0.15, 0.2) is 47.4 Å². The van der Waals surface area contributed by atoms with E-state index in [0.29, 0.717) is 0 Å². The van der Waals surface area contributed by atoms with Crippen molar-refractivity contribution in [1.82, 2.24) is 4.72 Å². The second-order valence-corrected chi connectivity index (χ2v) is 8.22. The molecule has 8 heteroatoms. The van der Waals surface area contributed by atoms with Crippen LogP contribution in [-0.2, 0) is 21.4 Å². The van der Waals surface area contributed by atoms with Crippen molar-refractivity contribution >= 4 is 39.2 Å². The summed E-state index contributed by atoms with van der Waals surface area (Å²) in [6.07, 6.45) is 1.58. The highest BCUT2D eigenvalue weighted by molar-refractivity contribution is 7.89. The van der Waals surface area contributed by atoms with Crippen LogP contribution in [0.3, 0.4) is 0 Å². The fraction of sp³-hybridized carbons (Fsp3) is 0.235. The van der Waals surface area contributed by atoms with E-state index < -0.39 is 16.0 Å². The van der Waals surface area contributed by atoms with Crippen molar-refractivity contribution in [3.8, 4) is 0 Å². The first-order valence-electron chi connectivity index (χ1n) is 7.59.